The second-order valence-corrected chi connectivity index (χ2v) is 5.21. The van der Waals surface area contributed by atoms with Gasteiger partial charge >= 0.3 is 5.97 Å². The van der Waals surface area contributed by atoms with E-state index in [-0.39, 0.29) is 12.5 Å². The molecule has 0 spiro atoms. The van der Waals surface area contributed by atoms with Gasteiger partial charge in [-0.1, -0.05) is 48.0 Å². The third kappa shape index (κ3) is 4.08. The number of hydrogen-bond donors (Lipinski definition) is 2. The highest BCUT2D eigenvalue weighted by Gasteiger charge is 2.09. The molecule has 3 N–H and O–H groups in total. The lowest BCUT2D eigenvalue weighted by Gasteiger charge is -2.09. The summed E-state index contributed by atoms with van der Waals surface area (Å²) in [4.78, 5) is 10.6. The Bertz CT molecular complexity index is 596. The summed E-state index contributed by atoms with van der Waals surface area (Å²) < 4.78 is 0. The van der Waals surface area contributed by atoms with Crippen molar-refractivity contribution >= 4 is 17.6 Å². The number of hydrogen-bond acceptors (Lipinski definition) is 2. The van der Waals surface area contributed by atoms with Crippen molar-refractivity contribution in [1.29, 1.82) is 0 Å². The Morgan fingerprint density at radius 2 is 1.85 bits per heavy atom. The van der Waals surface area contributed by atoms with E-state index in [0.29, 0.717) is 11.4 Å². The standard InChI is InChI=1S/C16H16ClNO2/c17-14-3-1-2-13(9-14)12-6-4-11(5-7-12)8-15(18)10-16(19)20/h1-7,9,15H,8,10,18H2,(H,19,20). The van der Waals surface area contributed by atoms with Gasteiger partial charge in [-0.2, -0.15) is 0 Å². The quantitative estimate of drug-likeness (QED) is 0.887. The highest BCUT2D eigenvalue weighted by atomic mass is 35.5. The van der Waals surface area contributed by atoms with E-state index < -0.39 is 5.97 Å². The van der Waals surface area contributed by atoms with E-state index in [9.17, 15) is 4.79 Å². The molecule has 0 bridgehead atoms. The van der Waals surface area contributed by atoms with Gasteiger partial charge in [-0.25, -0.2) is 0 Å². The van der Waals surface area contributed by atoms with Gasteiger partial charge in [0.25, 0.3) is 0 Å². The number of carbonyl (C=O) groups is 1. The molecule has 1 atom stereocenters. The van der Waals surface area contributed by atoms with E-state index in [1.807, 2.05) is 48.5 Å². The largest absolute Gasteiger partial charge is 0.481 e. The molecule has 0 saturated heterocycles. The Labute approximate surface area is 123 Å². The molecule has 0 saturated carbocycles. The molecule has 0 radical (unpaired) electrons. The van der Waals surface area contributed by atoms with E-state index >= 15 is 0 Å². The molecule has 0 aliphatic rings. The summed E-state index contributed by atoms with van der Waals surface area (Å²) in [6, 6.07) is 15.2. The van der Waals surface area contributed by atoms with Crippen LogP contribution in [0.15, 0.2) is 48.5 Å². The Morgan fingerprint density at radius 3 is 2.45 bits per heavy atom. The Balaban J connectivity index is 2.08. The average Bonchev–Trinajstić information content (AvgIpc) is 2.38. The Kier molecular flexibility index (Phi) is 4.77. The van der Waals surface area contributed by atoms with Crippen molar-refractivity contribution < 1.29 is 9.90 Å². The maximum absolute atomic E-state index is 10.6. The van der Waals surface area contributed by atoms with Crippen LogP contribution in [0.1, 0.15) is 12.0 Å². The van der Waals surface area contributed by atoms with Gasteiger partial charge in [-0.3, -0.25) is 4.79 Å². The second-order valence-electron chi connectivity index (χ2n) is 4.77. The number of halogens is 1. The molecular weight excluding hydrogens is 274 g/mol. The summed E-state index contributed by atoms with van der Waals surface area (Å²) in [5.74, 6) is -0.868. The van der Waals surface area contributed by atoms with Crippen molar-refractivity contribution in [2.45, 2.75) is 18.9 Å². The van der Waals surface area contributed by atoms with Crippen LogP contribution in [0.25, 0.3) is 11.1 Å². The first-order valence-electron chi connectivity index (χ1n) is 6.37. The maximum Gasteiger partial charge on any atom is 0.304 e. The van der Waals surface area contributed by atoms with Crippen LogP contribution in [0, 0.1) is 0 Å². The number of aliphatic carboxylic acids is 1. The maximum atomic E-state index is 10.6. The predicted molar refractivity (Wildman–Crippen MR) is 80.8 cm³/mol. The molecule has 0 amide bonds. The van der Waals surface area contributed by atoms with Crippen molar-refractivity contribution in [1.82, 2.24) is 0 Å². The minimum absolute atomic E-state index is 0.0178. The molecule has 0 fully saturated rings. The van der Waals surface area contributed by atoms with Crippen LogP contribution in [0.5, 0.6) is 0 Å². The van der Waals surface area contributed by atoms with Crippen molar-refractivity contribution in [3.05, 3.63) is 59.1 Å². The molecule has 0 heterocycles. The molecule has 2 aromatic rings. The van der Waals surface area contributed by atoms with Crippen LogP contribution >= 0.6 is 11.6 Å². The Morgan fingerprint density at radius 1 is 1.15 bits per heavy atom. The van der Waals surface area contributed by atoms with Crippen molar-refractivity contribution in [2.24, 2.45) is 5.73 Å². The third-order valence-corrected chi connectivity index (χ3v) is 3.28. The number of carboxylic acid groups (broad SMARTS) is 1. The molecule has 0 aliphatic heterocycles. The monoisotopic (exact) mass is 289 g/mol. The first kappa shape index (κ1) is 14.6. The van der Waals surface area contributed by atoms with Gasteiger partial charge < -0.3 is 10.8 Å². The van der Waals surface area contributed by atoms with Crippen molar-refractivity contribution in [2.75, 3.05) is 0 Å². The van der Waals surface area contributed by atoms with Crippen molar-refractivity contribution in [3.8, 4) is 11.1 Å². The van der Waals surface area contributed by atoms with E-state index in [2.05, 4.69) is 0 Å². The van der Waals surface area contributed by atoms with Gasteiger partial charge in [0.1, 0.15) is 0 Å². The van der Waals surface area contributed by atoms with E-state index in [0.717, 1.165) is 16.7 Å². The van der Waals surface area contributed by atoms with E-state index in [1.54, 1.807) is 0 Å². The number of rotatable bonds is 5. The van der Waals surface area contributed by atoms with Crippen LogP contribution in [-0.4, -0.2) is 17.1 Å². The van der Waals surface area contributed by atoms with Gasteiger partial charge in [-0.15, -0.1) is 0 Å². The minimum atomic E-state index is -0.868. The molecule has 2 rings (SSSR count). The first-order chi connectivity index (χ1) is 9.54. The molecule has 1 unspecified atom stereocenters. The topological polar surface area (TPSA) is 63.3 Å². The van der Waals surface area contributed by atoms with Gasteiger partial charge in [0.05, 0.1) is 6.42 Å². The molecule has 3 nitrogen and oxygen atoms in total. The van der Waals surface area contributed by atoms with E-state index in [1.165, 1.54) is 0 Å². The first-order valence-corrected chi connectivity index (χ1v) is 6.74. The number of benzene rings is 2. The second kappa shape index (κ2) is 6.55. The fourth-order valence-electron chi connectivity index (χ4n) is 2.10. The fraction of sp³-hybridized carbons (Fsp3) is 0.188. The van der Waals surface area contributed by atoms with Crippen LogP contribution < -0.4 is 5.73 Å². The van der Waals surface area contributed by atoms with Gasteiger partial charge in [-0.05, 0) is 35.2 Å². The Hall–Kier alpha value is -1.84. The summed E-state index contributed by atoms with van der Waals surface area (Å²) in [5, 5.41) is 9.39. The predicted octanol–water partition coefficient (Wildman–Crippen LogP) is 3.35. The zero-order valence-corrected chi connectivity index (χ0v) is 11.7. The van der Waals surface area contributed by atoms with E-state index in [4.69, 9.17) is 22.4 Å². The summed E-state index contributed by atoms with van der Waals surface area (Å²) in [7, 11) is 0. The smallest absolute Gasteiger partial charge is 0.304 e. The summed E-state index contributed by atoms with van der Waals surface area (Å²) in [6.45, 7) is 0. The van der Waals surface area contributed by atoms with Crippen LogP contribution in [0.3, 0.4) is 0 Å². The van der Waals surface area contributed by atoms with Crippen LogP contribution in [0.2, 0.25) is 5.02 Å². The molecule has 2 aromatic carbocycles. The summed E-state index contributed by atoms with van der Waals surface area (Å²) in [6.07, 6.45) is 0.540. The lowest BCUT2D eigenvalue weighted by molar-refractivity contribution is -0.137. The average molecular weight is 290 g/mol. The van der Waals surface area contributed by atoms with Gasteiger partial charge in [0.15, 0.2) is 0 Å². The number of nitrogens with two attached hydrogens (primary N) is 1. The van der Waals surface area contributed by atoms with Crippen LogP contribution in [0.4, 0.5) is 0 Å². The minimum Gasteiger partial charge on any atom is -0.481 e. The molecule has 0 aliphatic carbocycles. The summed E-state index contributed by atoms with van der Waals surface area (Å²) >= 11 is 5.97. The normalized spacial score (nSPS) is 12.1. The van der Waals surface area contributed by atoms with Gasteiger partial charge in [0, 0.05) is 11.1 Å². The lowest BCUT2D eigenvalue weighted by atomic mass is 10.00. The SMILES string of the molecule is NC(CC(=O)O)Cc1ccc(-c2cccc(Cl)c2)cc1. The number of carboxylic acids is 1. The third-order valence-electron chi connectivity index (χ3n) is 3.05. The zero-order chi connectivity index (χ0) is 14.5. The summed E-state index contributed by atoms with van der Waals surface area (Å²) in [5.41, 5.74) is 8.94. The molecule has 20 heavy (non-hydrogen) atoms. The molecular formula is C16H16ClNO2. The van der Waals surface area contributed by atoms with Crippen LogP contribution in [-0.2, 0) is 11.2 Å². The molecule has 0 aromatic heterocycles. The molecule has 104 valence electrons. The highest BCUT2D eigenvalue weighted by molar-refractivity contribution is 6.30. The highest BCUT2D eigenvalue weighted by Crippen LogP contribution is 2.23. The molecule has 4 heteroatoms. The fourth-order valence-corrected chi connectivity index (χ4v) is 2.29. The lowest BCUT2D eigenvalue weighted by Crippen LogP contribution is -2.26. The van der Waals surface area contributed by atoms with Crippen molar-refractivity contribution in [3.63, 3.8) is 0 Å². The zero-order valence-electron chi connectivity index (χ0n) is 10.9. The van der Waals surface area contributed by atoms with Gasteiger partial charge in [0.2, 0.25) is 0 Å².